The van der Waals surface area contributed by atoms with Crippen molar-refractivity contribution in [3.05, 3.63) is 124 Å². The molecule has 224 valence electrons. The second kappa shape index (κ2) is 12.4. The van der Waals surface area contributed by atoms with Crippen molar-refractivity contribution in [3.63, 3.8) is 0 Å². The van der Waals surface area contributed by atoms with Crippen molar-refractivity contribution >= 4 is 50.3 Å². The molecule has 0 radical (unpaired) electrons. The average Bonchev–Trinajstić information content (AvgIpc) is 3.90. The first-order chi connectivity index (χ1) is 22.5. The fourth-order valence-corrected chi connectivity index (χ4v) is 6.51. The van der Waals surface area contributed by atoms with Crippen LogP contribution >= 0.6 is 22.7 Å². The van der Waals surface area contributed by atoms with Gasteiger partial charge in [0.05, 0.1) is 29.1 Å². The highest BCUT2D eigenvalue weighted by Gasteiger charge is 2.13. The quantitative estimate of drug-likeness (QED) is 0.192. The Morgan fingerprint density at radius 3 is 1.72 bits per heavy atom. The molecule has 0 spiro atoms. The number of hydrogen-bond acceptors (Lipinski definition) is 9. The van der Waals surface area contributed by atoms with Gasteiger partial charge in [0.15, 0.2) is 11.6 Å². The van der Waals surface area contributed by atoms with E-state index in [9.17, 15) is 0 Å². The van der Waals surface area contributed by atoms with Crippen molar-refractivity contribution in [3.8, 4) is 32.8 Å². The number of aryl methyl sites for hydroxylation is 2. The number of rotatable bonds is 5. The van der Waals surface area contributed by atoms with E-state index in [4.69, 9.17) is 12.3 Å². The van der Waals surface area contributed by atoms with E-state index in [0.29, 0.717) is 12.4 Å². The zero-order valence-corrected chi connectivity index (χ0v) is 26.5. The topological polar surface area (TPSA) is 118 Å². The molecule has 6 heterocycles. The maximum absolute atomic E-state index is 7.04. The Kier molecular flexibility index (Phi) is 7.86. The highest BCUT2D eigenvalue weighted by molar-refractivity contribution is 7.13. The molecule has 0 atom stereocenters. The van der Waals surface area contributed by atoms with E-state index >= 15 is 0 Å². The number of benzene rings is 2. The molecule has 12 heteroatoms. The molecule has 2 N–H and O–H groups in total. The second-order valence-electron chi connectivity index (χ2n) is 10.4. The molecule has 0 amide bonds. The molecular weight excluding hydrogens is 613 g/mol. The van der Waals surface area contributed by atoms with Crippen LogP contribution in [0.25, 0.3) is 59.4 Å². The SMILES string of the molecule is Cc1cccc(-n2ncc3ccc(-c4nc(CN)cs4)cc32)n1.[C-]#[N+]c1csc(-c2ccc3cnn(-c4cccc(C)n4)c3c2)n1. The number of aromatic nitrogens is 8. The lowest BCUT2D eigenvalue weighted by molar-refractivity contribution is 0.867. The van der Waals surface area contributed by atoms with Gasteiger partial charge in [-0.1, -0.05) is 36.9 Å². The maximum atomic E-state index is 7.04. The fraction of sp³-hybridized carbons (Fsp3) is 0.0882. The van der Waals surface area contributed by atoms with Gasteiger partial charge in [0.2, 0.25) is 5.01 Å². The third-order valence-corrected chi connectivity index (χ3v) is 9.00. The van der Waals surface area contributed by atoms with E-state index in [1.54, 1.807) is 16.7 Å². The summed E-state index contributed by atoms with van der Waals surface area (Å²) in [7, 11) is 0. The lowest BCUT2D eigenvalue weighted by Crippen LogP contribution is -2.00. The van der Waals surface area contributed by atoms with Gasteiger partial charge in [0.1, 0.15) is 5.01 Å². The summed E-state index contributed by atoms with van der Waals surface area (Å²) in [4.78, 5) is 21.3. The number of pyridine rings is 2. The minimum Gasteiger partial charge on any atom is -0.360 e. The standard InChI is InChI=1S/C17H11N5S.C17H15N5S/c1-11-4-3-5-16(20-11)22-14-8-12(6-7-13(14)9-19-22)17-21-15(18-2)10-23-17;1-11-3-2-4-16(20-11)22-15-7-12(5-6-13(15)9-19-22)17-21-14(8-18)10-23-17/h3-10H,1H3;2-7,9-10H,8,18H2,1H3. The summed E-state index contributed by atoms with van der Waals surface area (Å²) >= 11 is 3.08. The first-order valence-electron chi connectivity index (χ1n) is 14.3. The Balaban J connectivity index is 0.000000147. The average molecular weight is 639 g/mol. The predicted octanol–water partition coefficient (Wildman–Crippen LogP) is 7.71. The number of hydrogen-bond donors (Lipinski definition) is 1. The summed E-state index contributed by atoms with van der Waals surface area (Å²) in [6.07, 6.45) is 3.69. The van der Waals surface area contributed by atoms with E-state index < -0.39 is 0 Å². The predicted molar refractivity (Wildman–Crippen MR) is 184 cm³/mol. The van der Waals surface area contributed by atoms with Crippen LogP contribution in [-0.4, -0.2) is 39.5 Å². The molecule has 0 aliphatic rings. The van der Waals surface area contributed by atoms with Crippen LogP contribution in [0, 0.1) is 20.4 Å². The number of nitrogens with two attached hydrogens (primary N) is 1. The van der Waals surface area contributed by atoms with Crippen molar-refractivity contribution < 1.29 is 0 Å². The van der Waals surface area contributed by atoms with Gasteiger partial charge >= 0.3 is 0 Å². The molecule has 8 rings (SSSR count). The second-order valence-corrected chi connectivity index (χ2v) is 12.1. The molecule has 8 aromatic rings. The molecule has 10 nitrogen and oxygen atoms in total. The Morgan fingerprint density at radius 2 is 1.24 bits per heavy atom. The van der Waals surface area contributed by atoms with Gasteiger partial charge in [0.25, 0.3) is 5.82 Å². The summed E-state index contributed by atoms with van der Waals surface area (Å²) in [6, 6.07) is 24.1. The highest BCUT2D eigenvalue weighted by atomic mass is 32.1. The first kappa shape index (κ1) is 29.1. The van der Waals surface area contributed by atoms with Gasteiger partial charge in [-0.15, -0.1) is 27.7 Å². The lowest BCUT2D eigenvalue weighted by Gasteiger charge is -2.04. The minimum absolute atomic E-state index is 0.430. The molecule has 2 aromatic carbocycles. The van der Waals surface area contributed by atoms with E-state index in [-0.39, 0.29) is 0 Å². The molecule has 0 saturated carbocycles. The largest absolute Gasteiger partial charge is 0.360 e. The summed E-state index contributed by atoms with van der Waals surface area (Å²) in [5.74, 6) is 2.04. The smallest absolute Gasteiger partial charge is 0.281 e. The van der Waals surface area contributed by atoms with Crippen LogP contribution in [-0.2, 0) is 6.54 Å². The normalized spacial score (nSPS) is 11.0. The van der Waals surface area contributed by atoms with E-state index in [0.717, 1.165) is 71.7 Å². The van der Waals surface area contributed by atoms with E-state index in [1.165, 1.54) is 11.3 Å². The number of thiazole rings is 2. The molecule has 6 aromatic heterocycles. The zero-order chi connectivity index (χ0) is 31.6. The van der Waals surface area contributed by atoms with Crippen molar-refractivity contribution in [2.75, 3.05) is 0 Å². The van der Waals surface area contributed by atoms with Gasteiger partial charge in [-0.25, -0.2) is 24.3 Å². The Morgan fingerprint density at radius 1 is 0.696 bits per heavy atom. The van der Waals surface area contributed by atoms with Gasteiger partial charge < -0.3 is 10.6 Å². The molecule has 0 aliphatic carbocycles. The third-order valence-electron chi connectivity index (χ3n) is 7.18. The third kappa shape index (κ3) is 5.78. The van der Waals surface area contributed by atoms with Crippen LogP contribution in [0.15, 0.2) is 96.0 Å². The number of fused-ring (bicyclic) bond motifs is 2. The Bertz CT molecular complexity index is 2370. The van der Waals surface area contributed by atoms with Crippen LogP contribution in [0.5, 0.6) is 0 Å². The number of nitrogens with zero attached hydrogens (tertiary/aromatic N) is 9. The van der Waals surface area contributed by atoms with Crippen molar-refractivity contribution in [1.82, 2.24) is 39.5 Å². The molecule has 0 saturated heterocycles. The molecule has 0 fully saturated rings. The van der Waals surface area contributed by atoms with Crippen LogP contribution < -0.4 is 5.73 Å². The fourth-order valence-electron chi connectivity index (χ4n) is 4.94. The van der Waals surface area contributed by atoms with Gasteiger partial charge in [-0.3, -0.25) is 0 Å². The van der Waals surface area contributed by atoms with Crippen LogP contribution in [0.1, 0.15) is 17.1 Å². The Hall–Kier alpha value is -5.61. The highest BCUT2D eigenvalue weighted by Crippen LogP contribution is 2.31. The zero-order valence-electron chi connectivity index (χ0n) is 24.9. The maximum Gasteiger partial charge on any atom is 0.281 e. The molecule has 46 heavy (non-hydrogen) atoms. The monoisotopic (exact) mass is 638 g/mol. The minimum atomic E-state index is 0.430. The summed E-state index contributed by atoms with van der Waals surface area (Å²) in [5, 5.41) is 16.6. The van der Waals surface area contributed by atoms with E-state index in [2.05, 4.69) is 53.2 Å². The molecule has 0 aliphatic heterocycles. The van der Waals surface area contributed by atoms with Gasteiger partial charge in [-0.05, 0) is 56.3 Å². The van der Waals surface area contributed by atoms with Gasteiger partial charge in [-0.2, -0.15) is 10.2 Å². The lowest BCUT2D eigenvalue weighted by atomic mass is 10.2. The van der Waals surface area contributed by atoms with Crippen LogP contribution in [0.3, 0.4) is 0 Å². The summed E-state index contributed by atoms with van der Waals surface area (Å²) in [6.45, 7) is 11.4. The van der Waals surface area contributed by atoms with Crippen molar-refractivity contribution in [2.45, 2.75) is 20.4 Å². The van der Waals surface area contributed by atoms with Crippen LogP contribution in [0.4, 0.5) is 5.82 Å². The summed E-state index contributed by atoms with van der Waals surface area (Å²) in [5.41, 5.74) is 12.5. The first-order valence-corrected chi connectivity index (χ1v) is 16.1. The van der Waals surface area contributed by atoms with Gasteiger partial charge in [0, 0.05) is 50.6 Å². The van der Waals surface area contributed by atoms with Crippen molar-refractivity contribution in [1.29, 1.82) is 0 Å². The summed E-state index contributed by atoms with van der Waals surface area (Å²) < 4.78 is 3.69. The van der Waals surface area contributed by atoms with Crippen molar-refractivity contribution in [2.24, 2.45) is 5.73 Å². The molecular formula is C34H26N10S2. The van der Waals surface area contributed by atoms with Crippen LogP contribution in [0.2, 0.25) is 0 Å². The van der Waals surface area contributed by atoms with E-state index in [1.807, 2.05) is 95.6 Å². The molecule has 0 unspecified atom stereocenters. The molecule has 0 bridgehead atoms. The Labute approximate surface area is 272 Å².